The van der Waals surface area contributed by atoms with Crippen molar-refractivity contribution in [3.63, 3.8) is 0 Å². The summed E-state index contributed by atoms with van der Waals surface area (Å²) < 4.78 is 7.30. The molecule has 9 nitrogen and oxygen atoms in total. The lowest BCUT2D eigenvalue weighted by molar-refractivity contribution is -0.113. The Balaban J connectivity index is 1.59. The Morgan fingerprint density at radius 3 is 3.07 bits per heavy atom. The van der Waals surface area contributed by atoms with Gasteiger partial charge in [0, 0.05) is 6.61 Å². The topological polar surface area (TPSA) is 115 Å². The van der Waals surface area contributed by atoms with E-state index in [2.05, 4.69) is 25.5 Å². The molecule has 1 saturated heterocycles. The van der Waals surface area contributed by atoms with Gasteiger partial charge in [-0.05, 0) is 25.0 Å². The highest BCUT2D eigenvalue weighted by molar-refractivity contribution is 7.99. The van der Waals surface area contributed by atoms with E-state index in [-0.39, 0.29) is 29.3 Å². The number of hydrogen-bond donors (Lipinski definition) is 2. The third kappa shape index (κ3) is 4.01. The van der Waals surface area contributed by atoms with E-state index in [1.807, 2.05) is 12.1 Å². The first kappa shape index (κ1) is 17.7. The number of fused-ring (bicyclic) bond motifs is 1. The number of para-hydroxylation sites is 1. The average Bonchev–Trinajstić information content (AvgIpc) is 3.37. The van der Waals surface area contributed by atoms with Crippen LogP contribution in [0.25, 0.3) is 10.9 Å². The molecule has 1 aliphatic heterocycles. The van der Waals surface area contributed by atoms with Gasteiger partial charge in [0.05, 0.1) is 29.3 Å². The maximum atomic E-state index is 13.0. The Hall–Kier alpha value is -2.72. The number of carbonyl (C=O) groups excluding carboxylic acids is 1. The average molecular weight is 386 g/mol. The molecule has 2 N–H and O–H groups in total. The molecular formula is C17H18N6O3S. The normalized spacial score (nSPS) is 16.7. The van der Waals surface area contributed by atoms with E-state index in [0.29, 0.717) is 29.2 Å². The van der Waals surface area contributed by atoms with Gasteiger partial charge in [-0.15, -0.1) is 0 Å². The monoisotopic (exact) mass is 386 g/mol. The molecule has 0 aliphatic carbocycles. The molecule has 3 heterocycles. The van der Waals surface area contributed by atoms with E-state index in [1.54, 1.807) is 16.7 Å². The zero-order valence-electron chi connectivity index (χ0n) is 14.4. The van der Waals surface area contributed by atoms with Gasteiger partial charge < -0.3 is 4.74 Å². The van der Waals surface area contributed by atoms with Crippen LogP contribution in [0.1, 0.15) is 12.8 Å². The highest BCUT2D eigenvalue weighted by Gasteiger charge is 2.20. The molecule has 3 aromatic rings. The lowest BCUT2D eigenvalue weighted by Crippen LogP contribution is -2.29. The number of thioether (sulfide) groups is 1. The van der Waals surface area contributed by atoms with Crippen molar-refractivity contribution < 1.29 is 9.53 Å². The summed E-state index contributed by atoms with van der Waals surface area (Å²) in [7, 11) is 0. The van der Waals surface area contributed by atoms with Crippen LogP contribution in [0.4, 0.5) is 5.95 Å². The molecule has 0 radical (unpaired) electrons. The minimum Gasteiger partial charge on any atom is -0.376 e. The first-order chi connectivity index (χ1) is 13.2. The van der Waals surface area contributed by atoms with Crippen molar-refractivity contribution in [2.45, 2.75) is 30.6 Å². The number of H-pyrrole nitrogens is 1. The fourth-order valence-corrected chi connectivity index (χ4v) is 3.78. The van der Waals surface area contributed by atoms with Gasteiger partial charge in [-0.25, -0.2) is 10.1 Å². The summed E-state index contributed by atoms with van der Waals surface area (Å²) in [5.74, 6) is 0.114. The molecule has 1 fully saturated rings. The molecule has 10 heteroatoms. The van der Waals surface area contributed by atoms with Crippen molar-refractivity contribution in [1.29, 1.82) is 0 Å². The minimum absolute atomic E-state index is 0.00645. The fourth-order valence-electron chi connectivity index (χ4n) is 2.97. The maximum absolute atomic E-state index is 13.0. The summed E-state index contributed by atoms with van der Waals surface area (Å²) >= 11 is 1.21. The van der Waals surface area contributed by atoms with E-state index in [1.165, 1.54) is 18.1 Å². The minimum atomic E-state index is -0.261. The summed E-state index contributed by atoms with van der Waals surface area (Å²) in [6.45, 7) is 1.14. The quantitative estimate of drug-likeness (QED) is 0.486. The summed E-state index contributed by atoms with van der Waals surface area (Å²) in [5.41, 5.74) is 0.499. The van der Waals surface area contributed by atoms with Crippen LogP contribution in [0.2, 0.25) is 0 Å². The number of aromatic amines is 1. The van der Waals surface area contributed by atoms with E-state index in [4.69, 9.17) is 4.74 Å². The molecule has 0 spiro atoms. The number of nitrogens with zero attached hydrogens (tertiary/aromatic N) is 4. The summed E-state index contributed by atoms with van der Waals surface area (Å²) in [5, 5.41) is 9.92. The number of aromatic nitrogens is 5. The van der Waals surface area contributed by atoms with Crippen molar-refractivity contribution >= 4 is 34.5 Å². The van der Waals surface area contributed by atoms with E-state index >= 15 is 0 Å². The molecule has 27 heavy (non-hydrogen) atoms. The predicted octanol–water partition coefficient (Wildman–Crippen LogP) is 1.42. The van der Waals surface area contributed by atoms with E-state index < -0.39 is 0 Å². The molecule has 2 aromatic heterocycles. The van der Waals surface area contributed by atoms with E-state index in [9.17, 15) is 9.59 Å². The molecule has 1 aromatic carbocycles. The fraction of sp³-hybridized carbons (Fsp3) is 0.353. The van der Waals surface area contributed by atoms with Crippen LogP contribution in [0.15, 0.2) is 40.5 Å². The third-order valence-corrected chi connectivity index (χ3v) is 5.22. The second kappa shape index (κ2) is 7.89. The summed E-state index contributed by atoms with van der Waals surface area (Å²) in [4.78, 5) is 33.6. The first-order valence-corrected chi connectivity index (χ1v) is 9.58. The number of benzene rings is 1. The molecule has 1 amide bonds. The van der Waals surface area contributed by atoms with Crippen molar-refractivity contribution in [2.75, 3.05) is 17.7 Å². The Labute approximate surface area is 158 Å². The maximum Gasteiger partial charge on any atom is 0.262 e. The van der Waals surface area contributed by atoms with E-state index in [0.717, 1.165) is 12.8 Å². The van der Waals surface area contributed by atoms with Gasteiger partial charge in [0.1, 0.15) is 6.33 Å². The standard InChI is InChI=1S/C17H18N6O3S/c24-14(21-16-18-10-19-22-16)9-27-17-20-13-6-2-1-5-12(13)15(25)23(17)8-11-4-3-7-26-11/h1-2,5-6,10-11H,3-4,7-9H2,(H2,18,19,21,22,24). The zero-order chi connectivity index (χ0) is 18.6. The second-order valence-corrected chi connectivity index (χ2v) is 7.08. The molecular weight excluding hydrogens is 368 g/mol. The second-order valence-electron chi connectivity index (χ2n) is 6.13. The molecule has 1 unspecified atom stereocenters. The van der Waals surface area contributed by atoms with Gasteiger partial charge in [-0.2, -0.15) is 10.1 Å². The van der Waals surface area contributed by atoms with Crippen LogP contribution in [-0.4, -0.2) is 49.1 Å². The van der Waals surface area contributed by atoms with Crippen molar-refractivity contribution in [3.8, 4) is 0 Å². The van der Waals surface area contributed by atoms with Crippen LogP contribution in [-0.2, 0) is 16.1 Å². The van der Waals surface area contributed by atoms with Gasteiger partial charge >= 0.3 is 0 Å². The molecule has 140 valence electrons. The lowest BCUT2D eigenvalue weighted by atomic mass is 10.2. The number of ether oxygens (including phenoxy) is 1. The largest absolute Gasteiger partial charge is 0.376 e. The smallest absolute Gasteiger partial charge is 0.262 e. The van der Waals surface area contributed by atoms with Crippen LogP contribution in [0, 0.1) is 0 Å². The number of anilines is 1. The summed E-state index contributed by atoms with van der Waals surface area (Å²) in [6, 6.07) is 7.22. The SMILES string of the molecule is O=C(CSc1nc2ccccc2c(=O)n1CC1CCCO1)Nc1ncn[nH]1. The Kier molecular flexibility index (Phi) is 5.16. The van der Waals surface area contributed by atoms with Crippen LogP contribution < -0.4 is 10.9 Å². The number of rotatable bonds is 6. The van der Waals surface area contributed by atoms with Gasteiger partial charge in [0.25, 0.3) is 5.56 Å². The molecule has 0 saturated carbocycles. The summed E-state index contributed by atoms with van der Waals surface area (Å²) in [6.07, 6.45) is 3.21. The highest BCUT2D eigenvalue weighted by Crippen LogP contribution is 2.21. The van der Waals surface area contributed by atoms with Crippen molar-refractivity contribution in [1.82, 2.24) is 24.7 Å². The number of nitrogens with one attached hydrogen (secondary N) is 2. The molecule has 1 atom stereocenters. The van der Waals surface area contributed by atoms with Gasteiger partial charge in [0.2, 0.25) is 11.9 Å². The predicted molar refractivity (Wildman–Crippen MR) is 101 cm³/mol. The first-order valence-electron chi connectivity index (χ1n) is 8.60. The number of amides is 1. The lowest BCUT2D eigenvalue weighted by Gasteiger charge is -2.16. The van der Waals surface area contributed by atoms with Gasteiger partial charge in [-0.1, -0.05) is 23.9 Å². The molecule has 0 bridgehead atoms. The third-order valence-electron chi connectivity index (χ3n) is 4.24. The van der Waals surface area contributed by atoms with Crippen LogP contribution in [0.5, 0.6) is 0 Å². The molecule has 4 rings (SSSR count). The highest BCUT2D eigenvalue weighted by atomic mass is 32.2. The Morgan fingerprint density at radius 2 is 2.30 bits per heavy atom. The van der Waals surface area contributed by atoms with Crippen LogP contribution >= 0.6 is 11.8 Å². The van der Waals surface area contributed by atoms with Crippen LogP contribution in [0.3, 0.4) is 0 Å². The number of carbonyl (C=O) groups is 1. The van der Waals surface area contributed by atoms with Crippen molar-refractivity contribution in [2.24, 2.45) is 0 Å². The Morgan fingerprint density at radius 1 is 1.41 bits per heavy atom. The van der Waals surface area contributed by atoms with Gasteiger partial charge in [-0.3, -0.25) is 19.5 Å². The van der Waals surface area contributed by atoms with Gasteiger partial charge in [0.15, 0.2) is 5.16 Å². The number of hydrogen-bond acceptors (Lipinski definition) is 7. The zero-order valence-corrected chi connectivity index (χ0v) is 15.2. The Bertz CT molecular complexity index is 998. The van der Waals surface area contributed by atoms with Crippen molar-refractivity contribution in [3.05, 3.63) is 40.9 Å². The molecule has 1 aliphatic rings.